The van der Waals surface area contributed by atoms with Gasteiger partial charge in [-0.15, -0.1) is 0 Å². The molecule has 6 nitrogen and oxygen atoms in total. The first-order chi connectivity index (χ1) is 8.13. The number of carbonyl (C=O) groups is 1. The van der Waals surface area contributed by atoms with Crippen molar-refractivity contribution < 1.29 is 19.2 Å². The SMILES string of the molecule is CC[CH]OC(=O)OCc1ccc([N+](=O)[O-])cc1. The highest BCUT2D eigenvalue weighted by atomic mass is 16.7. The summed E-state index contributed by atoms with van der Waals surface area (Å²) in [6.07, 6.45) is -0.183. The maximum Gasteiger partial charge on any atom is 0.509 e. The molecule has 1 aromatic rings. The molecule has 91 valence electrons. The second-order valence-electron chi connectivity index (χ2n) is 3.15. The van der Waals surface area contributed by atoms with Crippen LogP contribution in [0.2, 0.25) is 0 Å². The average Bonchev–Trinajstić information content (AvgIpc) is 2.34. The Balaban J connectivity index is 2.42. The van der Waals surface area contributed by atoms with Gasteiger partial charge in [0.15, 0.2) is 0 Å². The van der Waals surface area contributed by atoms with Gasteiger partial charge >= 0.3 is 6.16 Å². The van der Waals surface area contributed by atoms with Gasteiger partial charge in [0.25, 0.3) is 5.69 Å². The predicted molar refractivity (Wildman–Crippen MR) is 59.0 cm³/mol. The number of benzene rings is 1. The number of hydrogen-bond acceptors (Lipinski definition) is 5. The van der Waals surface area contributed by atoms with Gasteiger partial charge in [-0.3, -0.25) is 10.1 Å². The van der Waals surface area contributed by atoms with Crippen LogP contribution in [0, 0.1) is 16.7 Å². The van der Waals surface area contributed by atoms with E-state index >= 15 is 0 Å². The van der Waals surface area contributed by atoms with E-state index in [4.69, 9.17) is 4.74 Å². The minimum Gasteiger partial charge on any atom is -0.429 e. The van der Waals surface area contributed by atoms with Gasteiger partial charge in [-0.25, -0.2) is 4.79 Å². The van der Waals surface area contributed by atoms with Crippen LogP contribution in [0.3, 0.4) is 0 Å². The first-order valence-corrected chi connectivity index (χ1v) is 5.02. The molecule has 0 heterocycles. The van der Waals surface area contributed by atoms with Crippen molar-refractivity contribution in [3.63, 3.8) is 0 Å². The maximum absolute atomic E-state index is 11.0. The van der Waals surface area contributed by atoms with E-state index < -0.39 is 11.1 Å². The summed E-state index contributed by atoms with van der Waals surface area (Å²) in [7, 11) is 0. The summed E-state index contributed by atoms with van der Waals surface area (Å²) >= 11 is 0. The zero-order chi connectivity index (χ0) is 12.7. The van der Waals surface area contributed by atoms with Gasteiger partial charge in [-0.05, 0) is 24.1 Å². The second-order valence-corrected chi connectivity index (χ2v) is 3.15. The standard InChI is InChI=1S/C11H12NO5/c1-2-7-16-11(13)17-8-9-3-5-10(6-4-9)12(14)15/h3-7H,2,8H2,1H3. The fourth-order valence-electron chi connectivity index (χ4n) is 1.04. The van der Waals surface area contributed by atoms with Crippen LogP contribution < -0.4 is 0 Å². The Kier molecular flexibility index (Phi) is 4.93. The third kappa shape index (κ3) is 4.50. The summed E-state index contributed by atoms with van der Waals surface area (Å²) in [6, 6.07) is 5.74. The van der Waals surface area contributed by atoms with E-state index in [1.807, 2.05) is 6.92 Å². The van der Waals surface area contributed by atoms with E-state index in [2.05, 4.69) is 4.74 Å². The van der Waals surface area contributed by atoms with Crippen LogP contribution in [0.4, 0.5) is 10.5 Å². The van der Waals surface area contributed by atoms with E-state index in [-0.39, 0.29) is 12.3 Å². The molecule has 0 fully saturated rings. The van der Waals surface area contributed by atoms with Gasteiger partial charge in [0.2, 0.25) is 0 Å². The van der Waals surface area contributed by atoms with Crippen molar-refractivity contribution >= 4 is 11.8 Å². The highest BCUT2D eigenvalue weighted by molar-refractivity contribution is 5.60. The minimum atomic E-state index is -0.787. The monoisotopic (exact) mass is 238 g/mol. The lowest BCUT2D eigenvalue weighted by atomic mass is 10.2. The molecule has 1 rings (SSSR count). The molecular weight excluding hydrogens is 226 g/mol. The zero-order valence-corrected chi connectivity index (χ0v) is 9.29. The largest absolute Gasteiger partial charge is 0.509 e. The van der Waals surface area contributed by atoms with E-state index in [9.17, 15) is 14.9 Å². The molecule has 0 saturated heterocycles. The van der Waals surface area contributed by atoms with Gasteiger partial charge in [0.1, 0.15) is 13.2 Å². The fraction of sp³-hybridized carbons (Fsp3) is 0.273. The fourth-order valence-corrected chi connectivity index (χ4v) is 1.04. The summed E-state index contributed by atoms with van der Waals surface area (Å²) in [5, 5.41) is 10.4. The zero-order valence-electron chi connectivity index (χ0n) is 9.29. The van der Waals surface area contributed by atoms with Crippen molar-refractivity contribution in [2.45, 2.75) is 20.0 Å². The van der Waals surface area contributed by atoms with E-state index in [0.717, 1.165) is 0 Å². The molecule has 0 saturated carbocycles. The number of nitro benzene ring substituents is 1. The van der Waals surface area contributed by atoms with Gasteiger partial charge in [0, 0.05) is 12.1 Å². The van der Waals surface area contributed by atoms with Crippen molar-refractivity contribution in [2.75, 3.05) is 0 Å². The smallest absolute Gasteiger partial charge is 0.429 e. The van der Waals surface area contributed by atoms with Crippen molar-refractivity contribution in [2.24, 2.45) is 0 Å². The predicted octanol–water partition coefficient (Wildman–Crippen LogP) is 2.82. The third-order valence-electron chi connectivity index (χ3n) is 1.85. The Morgan fingerprint density at radius 3 is 2.59 bits per heavy atom. The highest BCUT2D eigenvalue weighted by Crippen LogP contribution is 2.12. The molecule has 0 unspecified atom stereocenters. The van der Waals surface area contributed by atoms with E-state index in [0.29, 0.717) is 12.0 Å². The molecule has 0 aliphatic heterocycles. The van der Waals surface area contributed by atoms with Crippen molar-refractivity contribution in [1.82, 2.24) is 0 Å². The third-order valence-corrected chi connectivity index (χ3v) is 1.85. The number of carbonyl (C=O) groups excluding carboxylic acids is 1. The lowest BCUT2D eigenvalue weighted by Gasteiger charge is -2.04. The van der Waals surface area contributed by atoms with Crippen molar-refractivity contribution in [3.05, 3.63) is 46.6 Å². The number of non-ortho nitro benzene ring substituents is 1. The van der Waals surface area contributed by atoms with E-state index in [1.165, 1.54) is 30.9 Å². The molecule has 0 bridgehead atoms. The number of nitrogens with zero attached hydrogens (tertiary/aromatic N) is 1. The van der Waals surface area contributed by atoms with Crippen LogP contribution in [0.1, 0.15) is 18.9 Å². The van der Waals surface area contributed by atoms with E-state index in [1.54, 1.807) is 0 Å². The summed E-state index contributed by atoms with van der Waals surface area (Å²) in [6.45, 7) is 3.18. The maximum atomic E-state index is 11.0. The van der Waals surface area contributed by atoms with Gasteiger partial charge in [0.05, 0.1) is 4.92 Å². The molecule has 1 aromatic carbocycles. The molecule has 0 amide bonds. The van der Waals surface area contributed by atoms with Gasteiger partial charge < -0.3 is 9.47 Å². The van der Waals surface area contributed by atoms with Crippen LogP contribution in [0.15, 0.2) is 24.3 Å². The number of ether oxygens (including phenoxy) is 2. The first-order valence-electron chi connectivity index (χ1n) is 5.02. The molecule has 0 aliphatic carbocycles. The molecular formula is C11H12NO5. The summed E-state index contributed by atoms with van der Waals surface area (Å²) in [5.41, 5.74) is 0.652. The van der Waals surface area contributed by atoms with Crippen molar-refractivity contribution in [3.8, 4) is 0 Å². The summed E-state index contributed by atoms with van der Waals surface area (Å²) in [5.74, 6) is 0. The minimum absolute atomic E-state index is 0.00403. The second kappa shape index (κ2) is 6.47. The molecule has 0 atom stereocenters. The molecule has 17 heavy (non-hydrogen) atoms. The molecule has 0 aliphatic rings. The molecule has 6 heteroatoms. The topological polar surface area (TPSA) is 78.7 Å². The summed E-state index contributed by atoms with van der Waals surface area (Å²) < 4.78 is 9.35. The van der Waals surface area contributed by atoms with Gasteiger partial charge in [-0.1, -0.05) is 6.92 Å². The van der Waals surface area contributed by atoms with Crippen LogP contribution in [-0.2, 0) is 16.1 Å². The first kappa shape index (κ1) is 13.0. The normalized spacial score (nSPS) is 9.71. The Morgan fingerprint density at radius 2 is 2.06 bits per heavy atom. The van der Waals surface area contributed by atoms with Crippen LogP contribution in [-0.4, -0.2) is 11.1 Å². The Labute approximate surface area is 98.3 Å². The van der Waals surface area contributed by atoms with Crippen LogP contribution in [0.5, 0.6) is 0 Å². The van der Waals surface area contributed by atoms with Crippen molar-refractivity contribution in [1.29, 1.82) is 0 Å². The number of rotatable bonds is 5. The lowest BCUT2D eigenvalue weighted by Crippen LogP contribution is -2.05. The lowest BCUT2D eigenvalue weighted by molar-refractivity contribution is -0.384. The molecule has 0 spiro atoms. The Morgan fingerprint density at radius 1 is 1.41 bits per heavy atom. The highest BCUT2D eigenvalue weighted by Gasteiger charge is 2.06. The number of nitro groups is 1. The quantitative estimate of drug-likeness (QED) is 0.447. The Bertz CT molecular complexity index is 387. The van der Waals surface area contributed by atoms with Crippen LogP contribution >= 0.6 is 0 Å². The van der Waals surface area contributed by atoms with Crippen LogP contribution in [0.25, 0.3) is 0 Å². The average molecular weight is 238 g/mol. The number of hydrogen-bond donors (Lipinski definition) is 0. The summed E-state index contributed by atoms with van der Waals surface area (Å²) in [4.78, 5) is 20.9. The Hall–Kier alpha value is -2.11. The molecule has 1 radical (unpaired) electrons. The van der Waals surface area contributed by atoms with Gasteiger partial charge in [-0.2, -0.15) is 0 Å². The molecule has 0 aromatic heterocycles. The molecule has 0 N–H and O–H groups in total.